The summed E-state index contributed by atoms with van der Waals surface area (Å²) in [6, 6.07) is -0.926. The number of carboxylic acids is 1. The van der Waals surface area contributed by atoms with Crippen LogP contribution in [0.2, 0.25) is 0 Å². The van der Waals surface area contributed by atoms with Gasteiger partial charge in [0.2, 0.25) is 5.16 Å². The fourth-order valence-corrected chi connectivity index (χ4v) is 6.69. The van der Waals surface area contributed by atoms with E-state index in [1.807, 2.05) is 0 Å². The molecule has 1 fully saturated rings. The van der Waals surface area contributed by atoms with E-state index in [9.17, 15) is 19.5 Å². The summed E-state index contributed by atoms with van der Waals surface area (Å²) in [5.41, 5.74) is 6.37. The second-order valence-electron chi connectivity index (χ2n) is 8.40. The number of unbranched alkanes of at least 4 members (excludes halogenated alkanes) is 3. The number of thioether (sulfide) groups is 2. The molecular weight excluding hydrogens is 554 g/mol. The van der Waals surface area contributed by atoms with E-state index in [0.29, 0.717) is 28.8 Å². The van der Waals surface area contributed by atoms with Crippen molar-refractivity contribution in [1.82, 2.24) is 35.4 Å². The Labute approximate surface area is 230 Å². The Morgan fingerprint density at radius 2 is 2.18 bits per heavy atom. The SMILES string of the molecule is CCCCCCON=C(C(=O)NC1C(=O)N2C(C(=O)O)=C(CSc3nnnn3C)CS[C@H]12)c1csc(N)n1. The molecule has 17 heteroatoms. The normalized spacial score (nSPS) is 19.3. The van der Waals surface area contributed by atoms with Gasteiger partial charge in [-0.1, -0.05) is 36.7 Å². The van der Waals surface area contributed by atoms with Crippen LogP contribution >= 0.6 is 34.9 Å². The molecule has 2 aromatic heterocycles. The van der Waals surface area contributed by atoms with Gasteiger partial charge in [0.25, 0.3) is 11.8 Å². The molecule has 14 nitrogen and oxygen atoms in total. The minimum atomic E-state index is -1.21. The molecule has 0 spiro atoms. The number of aryl methyl sites for hydroxylation is 1. The number of nitrogens with one attached hydrogen (secondary N) is 1. The van der Waals surface area contributed by atoms with Crippen molar-refractivity contribution < 1.29 is 24.3 Å². The molecule has 0 bridgehead atoms. The zero-order chi connectivity index (χ0) is 27.2. The summed E-state index contributed by atoms with van der Waals surface area (Å²) in [4.78, 5) is 49.0. The molecule has 2 aliphatic rings. The first-order chi connectivity index (χ1) is 18.3. The fraction of sp³-hybridized carbons (Fsp3) is 0.524. The van der Waals surface area contributed by atoms with E-state index in [1.54, 1.807) is 12.4 Å². The van der Waals surface area contributed by atoms with Gasteiger partial charge in [0.1, 0.15) is 29.4 Å². The van der Waals surface area contributed by atoms with Crippen molar-refractivity contribution in [3.63, 3.8) is 0 Å². The zero-order valence-corrected chi connectivity index (χ0v) is 23.1. The van der Waals surface area contributed by atoms with E-state index >= 15 is 0 Å². The van der Waals surface area contributed by atoms with Gasteiger partial charge in [-0.3, -0.25) is 14.5 Å². The van der Waals surface area contributed by atoms with E-state index in [-0.39, 0.29) is 22.2 Å². The first-order valence-electron chi connectivity index (χ1n) is 11.8. The van der Waals surface area contributed by atoms with Crippen LogP contribution in [-0.2, 0) is 26.3 Å². The smallest absolute Gasteiger partial charge is 0.352 e. The standard InChI is InChI=1S/C21H27N9O5S3/c1-3-4-5-6-7-35-26-13(12-10-37-20(22)23-12)16(31)24-14-17(32)30-15(19(33)34)11(8-36-18(14)30)9-38-21-25-27-28-29(21)2/h10,14,18H,3-9H2,1-2H3,(H2,22,23)(H,24,31)(H,33,34)/t14?,18-/m1/s1. The third-order valence-corrected chi connectivity index (χ3v) is 8.83. The number of aliphatic carboxylic acids is 1. The molecular formula is C21H27N9O5S3. The summed E-state index contributed by atoms with van der Waals surface area (Å²) in [5, 5.41) is 29.6. The van der Waals surface area contributed by atoms with Crippen LogP contribution in [0.15, 0.2) is 27.0 Å². The number of fused-ring (bicyclic) bond motifs is 1. The topological polar surface area (TPSA) is 191 Å². The second-order valence-corrected chi connectivity index (χ2v) is 11.3. The summed E-state index contributed by atoms with van der Waals surface area (Å²) in [6.45, 7) is 2.44. The van der Waals surface area contributed by atoms with E-state index in [2.05, 4.69) is 37.9 Å². The number of oxime groups is 1. The third kappa shape index (κ3) is 6.10. The highest BCUT2D eigenvalue weighted by atomic mass is 32.2. The predicted molar refractivity (Wildman–Crippen MR) is 142 cm³/mol. The number of anilines is 1. The highest BCUT2D eigenvalue weighted by Gasteiger charge is 2.54. The Kier molecular flexibility index (Phi) is 9.22. The molecule has 1 saturated heterocycles. The average Bonchev–Trinajstić information content (AvgIpc) is 3.52. The largest absolute Gasteiger partial charge is 0.477 e. The molecule has 38 heavy (non-hydrogen) atoms. The van der Waals surface area contributed by atoms with Gasteiger partial charge >= 0.3 is 5.97 Å². The number of aromatic nitrogens is 5. The summed E-state index contributed by atoms with van der Waals surface area (Å²) in [7, 11) is 1.68. The van der Waals surface area contributed by atoms with Gasteiger partial charge in [-0.25, -0.2) is 14.5 Å². The van der Waals surface area contributed by atoms with Gasteiger partial charge in [0, 0.05) is 23.9 Å². The molecule has 204 valence electrons. The minimum Gasteiger partial charge on any atom is -0.477 e. The van der Waals surface area contributed by atoms with E-state index in [0.717, 1.165) is 37.0 Å². The van der Waals surface area contributed by atoms with Crippen molar-refractivity contribution >= 4 is 63.5 Å². The molecule has 4 N–H and O–H groups in total. The number of carboxylic acid groups (broad SMARTS) is 1. The van der Waals surface area contributed by atoms with Gasteiger partial charge in [0.15, 0.2) is 10.8 Å². The van der Waals surface area contributed by atoms with Crippen LogP contribution in [0.25, 0.3) is 0 Å². The van der Waals surface area contributed by atoms with Crippen molar-refractivity contribution in [2.45, 2.75) is 49.2 Å². The van der Waals surface area contributed by atoms with Crippen molar-refractivity contribution in [1.29, 1.82) is 0 Å². The van der Waals surface area contributed by atoms with Gasteiger partial charge in [-0.2, -0.15) is 0 Å². The first kappa shape index (κ1) is 27.8. The Hall–Kier alpha value is -3.18. The molecule has 2 aliphatic heterocycles. The Morgan fingerprint density at radius 3 is 2.84 bits per heavy atom. The maximum Gasteiger partial charge on any atom is 0.352 e. The Bertz CT molecular complexity index is 1260. The zero-order valence-electron chi connectivity index (χ0n) is 20.7. The number of rotatable bonds is 13. The van der Waals surface area contributed by atoms with Crippen molar-refractivity contribution in [3.05, 3.63) is 22.3 Å². The Morgan fingerprint density at radius 1 is 1.37 bits per heavy atom. The van der Waals surface area contributed by atoms with Crippen molar-refractivity contribution in [2.24, 2.45) is 12.2 Å². The van der Waals surface area contributed by atoms with Crippen LogP contribution in [0.4, 0.5) is 5.13 Å². The molecule has 4 rings (SSSR count). The lowest BCUT2D eigenvalue weighted by molar-refractivity contribution is -0.150. The van der Waals surface area contributed by atoms with Crippen LogP contribution in [0.1, 0.15) is 38.3 Å². The molecule has 0 saturated carbocycles. The van der Waals surface area contributed by atoms with Crippen molar-refractivity contribution in [3.8, 4) is 0 Å². The quantitative estimate of drug-likeness (QED) is 0.100. The van der Waals surface area contributed by atoms with Gasteiger partial charge < -0.3 is 21.0 Å². The van der Waals surface area contributed by atoms with Gasteiger partial charge in [-0.15, -0.1) is 28.2 Å². The number of carbonyl (C=O) groups excluding carboxylic acids is 2. The van der Waals surface area contributed by atoms with Gasteiger partial charge in [-0.05, 0) is 28.8 Å². The number of carbonyl (C=O) groups is 3. The number of nitrogen functional groups attached to an aromatic ring is 1. The van der Waals surface area contributed by atoms with Crippen LogP contribution in [-0.4, -0.2) is 88.2 Å². The van der Waals surface area contributed by atoms with E-state index in [4.69, 9.17) is 10.6 Å². The maximum absolute atomic E-state index is 13.2. The van der Waals surface area contributed by atoms with Crippen LogP contribution in [0.5, 0.6) is 0 Å². The summed E-state index contributed by atoms with van der Waals surface area (Å²) < 4.78 is 1.48. The molecule has 0 aliphatic carbocycles. The number of nitrogens with zero attached hydrogens (tertiary/aromatic N) is 7. The third-order valence-electron chi connectivity index (χ3n) is 5.72. The number of tetrazole rings is 1. The summed E-state index contributed by atoms with van der Waals surface area (Å²) in [5.74, 6) is -1.72. The number of hydrogen-bond donors (Lipinski definition) is 3. The van der Waals surface area contributed by atoms with Crippen LogP contribution in [0, 0.1) is 0 Å². The first-order valence-corrected chi connectivity index (χ1v) is 14.7. The summed E-state index contributed by atoms with van der Waals surface area (Å²) in [6.07, 6.45) is 3.93. The average molecular weight is 582 g/mol. The molecule has 2 aromatic rings. The van der Waals surface area contributed by atoms with Crippen molar-refractivity contribution in [2.75, 3.05) is 23.8 Å². The molecule has 2 atom stereocenters. The highest BCUT2D eigenvalue weighted by Crippen LogP contribution is 2.41. The highest BCUT2D eigenvalue weighted by molar-refractivity contribution is 8.01. The molecule has 0 aromatic carbocycles. The Balaban J connectivity index is 1.44. The minimum absolute atomic E-state index is 0.0801. The lowest BCUT2D eigenvalue weighted by atomic mass is 10.0. The van der Waals surface area contributed by atoms with Crippen LogP contribution < -0.4 is 11.1 Å². The van der Waals surface area contributed by atoms with E-state index < -0.39 is 29.2 Å². The predicted octanol–water partition coefficient (Wildman–Crippen LogP) is 1.08. The lowest BCUT2D eigenvalue weighted by Gasteiger charge is -2.49. The molecule has 2 amide bonds. The number of nitrogens with two attached hydrogens (primary N) is 1. The van der Waals surface area contributed by atoms with Crippen LogP contribution in [0.3, 0.4) is 0 Å². The maximum atomic E-state index is 13.2. The number of β-lactam (4-membered cyclic amide) rings is 1. The molecule has 4 heterocycles. The fourth-order valence-electron chi connectivity index (χ4n) is 3.80. The molecule has 0 radical (unpaired) electrons. The number of hydrogen-bond acceptors (Lipinski definition) is 13. The van der Waals surface area contributed by atoms with E-state index in [1.165, 1.54) is 33.1 Å². The van der Waals surface area contributed by atoms with Gasteiger partial charge in [0.05, 0.1) is 0 Å². The lowest BCUT2D eigenvalue weighted by Crippen LogP contribution is -2.71. The monoisotopic (exact) mass is 581 g/mol. The second kappa shape index (κ2) is 12.6. The molecule has 1 unspecified atom stereocenters. The summed E-state index contributed by atoms with van der Waals surface area (Å²) >= 11 is 3.80. The number of thiazole rings is 1. The number of amides is 2.